The second kappa shape index (κ2) is 4.49. The molecule has 0 saturated carbocycles. The first-order valence-electron chi connectivity index (χ1n) is 4.77. The van der Waals surface area contributed by atoms with Crippen molar-refractivity contribution in [2.45, 2.75) is 32.2 Å². The monoisotopic (exact) mass is 338 g/mol. The van der Waals surface area contributed by atoms with Gasteiger partial charge >= 0.3 is 0 Å². The highest BCUT2D eigenvalue weighted by atomic mass is 79.9. The smallest absolute Gasteiger partial charge is 0.187 e. The Morgan fingerprint density at radius 3 is 2.79 bits per heavy atom. The van der Waals surface area contributed by atoms with Crippen LogP contribution >= 0.6 is 43.2 Å². The van der Waals surface area contributed by atoms with E-state index < -0.39 is 0 Å². The largest absolute Gasteiger partial charge is 0.345 e. The Bertz CT molecular complexity index is 307. The summed E-state index contributed by atoms with van der Waals surface area (Å²) in [6.45, 7) is 3.43. The summed E-state index contributed by atoms with van der Waals surface area (Å²) in [6, 6.07) is 0.633. The number of hydrogen-bond acceptors (Lipinski definition) is 3. The van der Waals surface area contributed by atoms with E-state index in [2.05, 4.69) is 48.7 Å². The number of anilines is 1. The summed E-state index contributed by atoms with van der Waals surface area (Å²) in [5.74, 6) is 0. The maximum Gasteiger partial charge on any atom is 0.187 e. The molecule has 0 radical (unpaired) electrons. The molecule has 1 fully saturated rings. The van der Waals surface area contributed by atoms with Gasteiger partial charge in [-0.3, -0.25) is 0 Å². The number of hydrogen-bond donors (Lipinski definition) is 0. The lowest BCUT2D eigenvalue weighted by Crippen LogP contribution is -2.37. The van der Waals surface area contributed by atoms with Crippen LogP contribution in [0, 0.1) is 0 Å². The zero-order valence-corrected chi connectivity index (χ0v) is 12.0. The minimum absolute atomic E-state index is 0.633. The molecule has 1 aliphatic rings. The molecule has 5 heteroatoms. The van der Waals surface area contributed by atoms with Gasteiger partial charge in [-0.05, 0) is 58.0 Å². The van der Waals surface area contributed by atoms with Gasteiger partial charge in [-0.25, -0.2) is 4.98 Å². The van der Waals surface area contributed by atoms with E-state index in [9.17, 15) is 0 Å². The average molecular weight is 340 g/mol. The Hall–Kier alpha value is 0.390. The SMILES string of the molecule is CC1CCCCN1c1nc(Br)c(Br)s1. The van der Waals surface area contributed by atoms with Gasteiger partial charge in [0, 0.05) is 12.6 Å². The van der Waals surface area contributed by atoms with E-state index in [1.807, 2.05) is 0 Å². The minimum Gasteiger partial charge on any atom is -0.345 e. The third-order valence-corrected chi connectivity index (χ3v) is 5.70. The van der Waals surface area contributed by atoms with Gasteiger partial charge in [-0.15, -0.1) is 0 Å². The molecular weight excluding hydrogens is 328 g/mol. The zero-order valence-electron chi connectivity index (χ0n) is 7.96. The number of halogens is 2. The highest BCUT2D eigenvalue weighted by molar-refractivity contribution is 9.13. The summed E-state index contributed by atoms with van der Waals surface area (Å²) < 4.78 is 2.01. The molecule has 1 aromatic heterocycles. The summed E-state index contributed by atoms with van der Waals surface area (Å²) in [5, 5.41) is 1.14. The predicted octanol–water partition coefficient (Wildman–Crippen LogP) is 4.05. The summed E-state index contributed by atoms with van der Waals surface area (Å²) in [5.41, 5.74) is 0. The summed E-state index contributed by atoms with van der Waals surface area (Å²) in [7, 11) is 0. The van der Waals surface area contributed by atoms with Crippen LogP contribution in [0.3, 0.4) is 0 Å². The molecule has 0 aromatic carbocycles. The fraction of sp³-hybridized carbons (Fsp3) is 0.667. The molecule has 1 atom stereocenters. The van der Waals surface area contributed by atoms with E-state index in [1.165, 1.54) is 19.3 Å². The van der Waals surface area contributed by atoms with E-state index in [0.717, 1.165) is 20.1 Å². The van der Waals surface area contributed by atoms with E-state index >= 15 is 0 Å². The first kappa shape index (κ1) is 10.9. The van der Waals surface area contributed by atoms with Gasteiger partial charge < -0.3 is 4.90 Å². The molecule has 1 saturated heterocycles. The molecule has 78 valence electrons. The van der Waals surface area contributed by atoms with Crippen molar-refractivity contribution in [2.24, 2.45) is 0 Å². The molecule has 2 heterocycles. The lowest BCUT2D eigenvalue weighted by Gasteiger charge is -2.32. The van der Waals surface area contributed by atoms with Crippen LogP contribution in [-0.4, -0.2) is 17.6 Å². The van der Waals surface area contributed by atoms with Crippen LogP contribution in [0.25, 0.3) is 0 Å². The van der Waals surface area contributed by atoms with Crippen LogP contribution in [0.1, 0.15) is 26.2 Å². The Kier molecular flexibility index (Phi) is 3.50. The second-order valence-electron chi connectivity index (χ2n) is 3.60. The van der Waals surface area contributed by atoms with E-state index in [4.69, 9.17) is 0 Å². The molecule has 14 heavy (non-hydrogen) atoms. The van der Waals surface area contributed by atoms with Crippen molar-refractivity contribution >= 4 is 48.3 Å². The summed E-state index contributed by atoms with van der Waals surface area (Å²) in [6.07, 6.45) is 3.93. The molecule has 1 aliphatic heterocycles. The fourth-order valence-corrected chi connectivity index (χ4v) is 3.64. The van der Waals surface area contributed by atoms with Crippen molar-refractivity contribution < 1.29 is 0 Å². The van der Waals surface area contributed by atoms with Crippen molar-refractivity contribution in [1.29, 1.82) is 0 Å². The average Bonchev–Trinajstić information content (AvgIpc) is 2.48. The summed E-state index contributed by atoms with van der Waals surface area (Å²) >= 11 is 8.62. The van der Waals surface area contributed by atoms with E-state index in [0.29, 0.717) is 6.04 Å². The Balaban J connectivity index is 2.20. The topological polar surface area (TPSA) is 16.1 Å². The van der Waals surface area contributed by atoms with Crippen LogP contribution < -0.4 is 4.90 Å². The first-order valence-corrected chi connectivity index (χ1v) is 7.17. The molecule has 0 bridgehead atoms. The van der Waals surface area contributed by atoms with Crippen LogP contribution in [0.4, 0.5) is 5.13 Å². The molecule has 1 aromatic rings. The van der Waals surface area contributed by atoms with Crippen LogP contribution in [0.2, 0.25) is 0 Å². The maximum atomic E-state index is 4.50. The lowest BCUT2D eigenvalue weighted by atomic mass is 10.1. The van der Waals surface area contributed by atoms with Crippen LogP contribution in [0.15, 0.2) is 8.39 Å². The van der Waals surface area contributed by atoms with Gasteiger partial charge in [0.15, 0.2) is 5.13 Å². The molecule has 0 aliphatic carbocycles. The lowest BCUT2D eigenvalue weighted by molar-refractivity contribution is 0.484. The van der Waals surface area contributed by atoms with Crippen molar-refractivity contribution in [3.63, 3.8) is 0 Å². The standard InChI is InChI=1S/C9H12Br2N2S/c1-6-4-2-3-5-13(6)9-12-7(10)8(11)14-9/h6H,2-5H2,1H3. The molecule has 0 N–H and O–H groups in total. The minimum atomic E-state index is 0.633. The van der Waals surface area contributed by atoms with Crippen molar-refractivity contribution in [3.05, 3.63) is 8.39 Å². The normalized spacial score (nSPS) is 22.8. The number of piperidine rings is 1. The van der Waals surface area contributed by atoms with E-state index in [1.54, 1.807) is 11.3 Å². The van der Waals surface area contributed by atoms with Gasteiger partial charge in [-0.1, -0.05) is 11.3 Å². The van der Waals surface area contributed by atoms with Crippen LogP contribution in [-0.2, 0) is 0 Å². The number of thiazole rings is 1. The molecule has 0 amide bonds. The van der Waals surface area contributed by atoms with Gasteiger partial charge in [0.1, 0.15) is 8.39 Å². The number of aromatic nitrogens is 1. The van der Waals surface area contributed by atoms with Gasteiger partial charge in [0.05, 0.1) is 0 Å². The van der Waals surface area contributed by atoms with Crippen molar-refractivity contribution in [2.75, 3.05) is 11.4 Å². The molecule has 2 nitrogen and oxygen atoms in total. The molecular formula is C9H12Br2N2S. The Morgan fingerprint density at radius 1 is 1.43 bits per heavy atom. The van der Waals surface area contributed by atoms with Gasteiger partial charge in [0.2, 0.25) is 0 Å². The highest BCUT2D eigenvalue weighted by Crippen LogP contribution is 2.36. The van der Waals surface area contributed by atoms with Gasteiger partial charge in [-0.2, -0.15) is 0 Å². The Morgan fingerprint density at radius 2 is 2.21 bits per heavy atom. The fourth-order valence-electron chi connectivity index (χ4n) is 1.78. The predicted molar refractivity (Wildman–Crippen MR) is 68.2 cm³/mol. The van der Waals surface area contributed by atoms with Crippen molar-refractivity contribution in [3.8, 4) is 0 Å². The molecule has 0 spiro atoms. The second-order valence-corrected chi connectivity index (χ2v) is 6.65. The van der Waals surface area contributed by atoms with Crippen LogP contribution in [0.5, 0.6) is 0 Å². The van der Waals surface area contributed by atoms with Gasteiger partial charge in [0.25, 0.3) is 0 Å². The first-order chi connectivity index (χ1) is 6.68. The molecule has 2 rings (SSSR count). The summed E-state index contributed by atoms with van der Waals surface area (Å²) in [4.78, 5) is 6.90. The van der Waals surface area contributed by atoms with E-state index in [-0.39, 0.29) is 0 Å². The quantitative estimate of drug-likeness (QED) is 0.767. The number of nitrogens with zero attached hydrogens (tertiary/aromatic N) is 2. The third-order valence-electron chi connectivity index (χ3n) is 2.59. The zero-order chi connectivity index (χ0) is 10.1. The number of rotatable bonds is 1. The van der Waals surface area contributed by atoms with Crippen molar-refractivity contribution in [1.82, 2.24) is 4.98 Å². The third kappa shape index (κ3) is 2.14. The maximum absolute atomic E-state index is 4.50. The molecule has 1 unspecified atom stereocenters. The highest BCUT2D eigenvalue weighted by Gasteiger charge is 2.21. The Labute approximate surface area is 105 Å².